The van der Waals surface area contributed by atoms with Gasteiger partial charge in [0.15, 0.2) is 0 Å². The van der Waals surface area contributed by atoms with Gasteiger partial charge in [-0.3, -0.25) is 5.32 Å². The maximum absolute atomic E-state index is 11.7. The van der Waals surface area contributed by atoms with Gasteiger partial charge in [-0.1, -0.05) is 12.1 Å². The number of benzene rings is 1. The minimum atomic E-state index is -0.493. The fraction of sp³-hybridized carbons (Fsp3) is 0.533. The van der Waals surface area contributed by atoms with Crippen LogP contribution in [0.4, 0.5) is 10.5 Å². The predicted octanol–water partition coefficient (Wildman–Crippen LogP) is 3.23. The predicted molar refractivity (Wildman–Crippen MR) is 78.4 cm³/mol. The highest BCUT2D eigenvalue weighted by molar-refractivity contribution is 5.85. The number of hydrogen-bond acceptors (Lipinski definition) is 3. The van der Waals surface area contributed by atoms with Crippen molar-refractivity contribution in [3.63, 3.8) is 0 Å². The third-order valence-electron chi connectivity index (χ3n) is 2.48. The second kappa shape index (κ2) is 6.06. The van der Waals surface area contributed by atoms with Gasteiger partial charge in [-0.2, -0.15) is 0 Å². The Hall–Kier alpha value is -1.55. The first kappa shape index (κ1) is 15.5. The zero-order valence-corrected chi connectivity index (χ0v) is 12.4. The standard InChI is InChI=1S/C15H24N2O2/c1-10-8-12(9-11(2)16)6-7-13(10)17-14(18)19-15(3,4)5/h6-8,11H,9,16H2,1-5H3,(H,17,18)/t11-/m1/s1. The van der Waals surface area contributed by atoms with Crippen LogP contribution in [0.25, 0.3) is 0 Å². The van der Waals surface area contributed by atoms with E-state index < -0.39 is 11.7 Å². The third kappa shape index (κ3) is 5.75. The Morgan fingerprint density at radius 1 is 1.42 bits per heavy atom. The molecule has 1 aromatic carbocycles. The van der Waals surface area contributed by atoms with Crippen LogP contribution in [0.5, 0.6) is 0 Å². The molecule has 3 N–H and O–H groups in total. The Kier molecular flexibility index (Phi) is 4.95. The summed E-state index contributed by atoms with van der Waals surface area (Å²) < 4.78 is 5.22. The number of hydrogen-bond donors (Lipinski definition) is 2. The molecule has 0 saturated heterocycles. The first-order chi connectivity index (χ1) is 8.67. The lowest BCUT2D eigenvalue weighted by Gasteiger charge is -2.20. The molecule has 4 nitrogen and oxygen atoms in total. The molecule has 0 aliphatic carbocycles. The number of carbonyl (C=O) groups is 1. The van der Waals surface area contributed by atoms with Gasteiger partial charge in [0.1, 0.15) is 5.60 Å². The topological polar surface area (TPSA) is 64.3 Å². The molecule has 106 valence electrons. The molecule has 0 aromatic heterocycles. The summed E-state index contributed by atoms with van der Waals surface area (Å²) in [6, 6.07) is 6.03. The molecule has 0 bridgehead atoms. The van der Waals surface area contributed by atoms with Crippen molar-refractivity contribution in [2.75, 3.05) is 5.32 Å². The Balaban J connectivity index is 2.72. The van der Waals surface area contributed by atoms with Crippen LogP contribution in [0.1, 0.15) is 38.8 Å². The summed E-state index contributed by atoms with van der Waals surface area (Å²) in [6.07, 6.45) is 0.392. The highest BCUT2D eigenvalue weighted by atomic mass is 16.6. The molecule has 1 rings (SSSR count). The van der Waals surface area contributed by atoms with E-state index in [4.69, 9.17) is 10.5 Å². The number of amides is 1. The summed E-state index contributed by atoms with van der Waals surface area (Å²) in [5.74, 6) is 0. The van der Waals surface area contributed by atoms with Gasteiger partial charge in [0.2, 0.25) is 0 Å². The highest BCUT2D eigenvalue weighted by Crippen LogP contribution is 2.18. The lowest BCUT2D eigenvalue weighted by Crippen LogP contribution is -2.27. The van der Waals surface area contributed by atoms with Gasteiger partial charge in [0, 0.05) is 11.7 Å². The number of rotatable bonds is 3. The molecule has 0 fully saturated rings. The maximum atomic E-state index is 11.7. The minimum absolute atomic E-state index is 0.129. The SMILES string of the molecule is Cc1cc(C[C@@H](C)N)ccc1NC(=O)OC(C)(C)C. The molecule has 1 aromatic rings. The van der Waals surface area contributed by atoms with E-state index in [1.54, 1.807) is 0 Å². The van der Waals surface area contributed by atoms with E-state index in [1.165, 1.54) is 5.56 Å². The first-order valence-corrected chi connectivity index (χ1v) is 6.52. The van der Waals surface area contributed by atoms with Crippen LogP contribution < -0.4 is 11.1 Å². The summed E-state index contributed by atoms with van der Waals surface area (Å²) in [7, 11) is 0. The van der Waals surface area contributed by atoms with Crippen molar-refractivity contribution in [1.29, 1.82) is 0 Å². The molecule has 0 spiro atoms. The van der Waals surface area contributed by atoms with Crippen molar-refractivity contribution < 1.29 is 9.53 Å². The minimum Gasteiger partial charge on any atom is -0.444 e. The quantitative estimate of drug-likeness (QED) is 0.881. The lowest BCUT2D eigenvalue weighted by atomic mass is 10.0. The highest BCUT2D eigenvalue weighted by Gasteiger charge is 2.16. The van der Waals surface area contributed by atoms with Gasteiger partial charge in [0.25, 0.3) is 0 Å². The molecule has 1 amide bonds. The zero-order valence-electron chi connectivity index (χ0n) is 12.4. The normalized spacial score (nSPS) is 12.9. The van der Waals surface area contributed by atoms with Gasteiger partial charge in [-0.15, -0.1) is 0 Å². The number of anilines is 1. The van der Waals surface area contributed by atoms with E-state index in [-0.39, 0.29) is 6.04 Å². The van der Waals surface area contributed by atoms with Crippen LogP contribution in [0.2, 0.25) is 0 Å². The Morgan fingerprint density at radius 2 is 2.05 bits per heavy atom. The second-order valence-corrected chi connectivity index (χ2v) is 5.96. The van der Waals surface area contributed by atoms with E-state index in [2.05, 4.69) is 5.32 Å². The number of carbonyl (C=O) groups excluding carboxylic acids is 1. The van der Waals surface area contributed by atoms with Gasteiger partial charge in [-0.05, 0) is 58.2 Å². The molecule has 4 heteroatoms. The van der Waals surface area contributed by atoms with Crippen molar-refractivity contribution in [3.8, 4) is 0 Å². The third-order valence-corrected chi connectivity index (χ3v) is 2.48. The fourth-order valence-corrected chi connectivity index (χ4v) is 1.78. The van der Waals surface area contributed by atoms with Crippen molar-refractivity contribution in [2.45, 2.75) is 52.7 Å². The zero-order chi connectivity index (χ0) is 14.6. The molecular formula is C15H24N2O2. The van der Waals surface area contributed by atoms with E-state index in [1.807, 2.05) is 52.8 Å². The smallest absolute Gasteiger partial charge is 0.412 e. The molecular weight excluding hydrogens is 240 g/mol. The second-order valence-electron chi connectivity index (χ2n) is 5.96. The fourth-order valence-electron chi connectivity index (χ4n) is 1.78. The van der Waals surface area contributed by atoms with Crippen molar-refractivity contribution >= 4 is 11.8 Å². The van der Waals surface area contributed by atoms with Gasteiger partial charge in [0.05, 0.1) is 0 Å². The average Bonchev–Trinajstić information content (AvgIpc) is 2.18. The number of ether oxygens (including phenoxy) is 1. The number of nitrogens with two attached hydrogens (primary N) is 1. The van der Waals surface area contributed by atoms with Crippen molar-refractivity contribution in [1.82, 2.24) is 0 Å². The van der Waals surface area contributed by atoms with Gasteiger partial charge >= 0.3 is 6.09 Å². The summed E-state index contributed by atoms with van der Waals surface area (Å²) in [4.78, 5) is 11.7. The van der Waals surface area contributed by atoms with E-state index in [0.29, 0.717) is 0 Å². The number of nitrogens with one attached hydrogen (secondary N) is 1. The lowest BCUT2D eigenvalue weighted by molar-refractivity contribution is 0.0636. The number of aryl methyl sites for hydroxylation is 1. The molecule has 0 aliphatic heterocycles. The molecule has 0 heterocycles. The average molecular weight is 264 g/mol. The van der Waals surface area contributed by atoms with E-state index in [0.717, 1.165) is 17.7 Å². The van der Waals surface area contributed by atoms with Crippen LogP contribution in [-0.4, -0.2) is 17.7 Å². The van der Waals surface area contributed by atoms with Crippen molar-refractivity contribution in [3.05, 3.63) is 29.3 Å². The Bertz CT molecular complexity index is 448. The summed E-state index contributed by atoms with van der Waals surface area (Å²) in [5, 5.41) is 2.75. The molecule has 1 atom stereocenters. The van der Waals surface area contributed by atoms with E-state index in [9.17, 15) is 4.79 Å². The Morgan fingerprint density at radius 3 is 2.53 bits per heavy atom. The summed E-state index contributed by atoms with van der Waals surface area (Å²) in [5.41, 5.74) is 8.22. The molecule has 0 radical (unpaired) electrons. The Labute approximate surface area is 115 Å². The summed E-state index contributed by atoms with van der Waals surface area (Å²) >= 11 is 0. The van der Waals surface area contributed by atoms with E-state index >= 15 is 0 Å². The molecule has 19 heavy (non-hydrogen) atoms. The van der Waals surface area contributed by atoms with Gasteiger partial charge < -0.3 is 10.5 Å². The first-order valence-electron chi connectivity index (χ1n) is 6.52. The van der Waals surface area contributed by atoms with Crippen LogP contribution in [-0.2, 0) is 11.2 Å². The van der Waals surface area contributed by atoms with Gasteiger partial charge in [-0.25, -0.2) is 4.79 Å². The monoisotopic (exact) mass is 264 g/mol. The largest absolute Gasteiger partial charge is 0.444 e. The van der Waals surface area contributed by atoms with Crippen LogP contribution in [0.3, 0.4) is 0 Å². The molecule has 0 saturated carbocycles. The van der Waals surface area contributed by atoms with Crippen LogP contribution >= 0.6 is 0 Å². The van der Waals surface area contributed by atoms with Crippen molar-refractivity contribution in [2.24, 2.45) is 5.73 Å². The van der Waals surface area contributed by atoms with Crippen LogP contribution in [0.15, 0.2) is 18.2 Å². The molecule has 0 unspecified atom stereocenters. The summed E-state index contributed by atoms with van der Waals surface area (Å²) in [6.45, 7) is 9.45. The van der Waals surface area contributed by atoms with Crippen LogP contribution in [0, 0.1) is 6.92 Å². The maximum Gasteiger partial charge on any atom is 0.412 e. The molecule has 0 aliphatic rings.